The average Bonchev–Trinajstić information content (AvgIpc) is 3.20. The minimum atomic E-state index is -3.99. The molecule has 0 unspecified atom stereocenters. The van der Waals surface area contributed by atoms with E-state index in [1.54, 1.807) is 17.1 Å². The molecule has 3 amide bonds. The maximum Gasteiger partial charge on any atom is 0.343 e. The number of hydrazine groups is 1. The highest BCUT2D eigenvalue weighted by molar-refractivity contribution is 7.90. The van der Waals surface area contributed by atoms with Gasteiger partial charge in [-0.15, -0.1) is 0 Å². The summed E-state index contributed by atoms with van der Waals surface area (Å²) >= 11 is 0. The Labute approximate surface area is 174 Å². The van der Waals surface area contributed by atoms with Crippen LogP contribution in [0.1, 0.15) is 28.8 Å². The first-order chi connectivity index (χ1) is 14.3. The summed E-state index contributed by atoms with van der Waals surface area (Å²) in [4.78, 5) is 23.8. The van der Waals surface area contributed by atoms with Gasteiger partial charge in [0.25, 0.3) is 15.9 Å². The molecule has 0 saturated carbocycles. The zero-order chi connectivity index (χ0) is 21.6. The molecule has 0 bridgehead atoms. The smallest absolute Gasteiger partial charge is 0.343 e. The molecule has 0 aliphatic carbocycles. The zero-order valence-corrected chi connectivity index (χ0v) is 17.0. The molecule has 1 aliphatic heterocycles. The largest absolute Gasteiger partial charge is 0.352 e. The highest BCUT2D eigenvalue weighted by Crippen LogP contribution is 2.11. The predicted molar refractivity (Wildman–Crippen MR) is 109 cm³/mol. The summed E-state index contributed by atoms with van der Waals surface area (Å²) in [5, 5.41) is 4.36. The van der Waals surface area contributed by atoms with E-state index in [1.807, 2.05) is 4.72 Å². The lowest BCUT2D eigenvalue weighted by atomic mass is 10.1. The second-order valence-corrected chi connectivity index (χ2v) is 8.58. The molecular weight excluding hydrogens is 411 g/mol. The first kappa shape index (κ1) is 21.7. The summed E-state index contributed by atoms with van der Waals surface area (Å²) in [6, 6.07) is 10.6. The number of hydrogen-bond acceptors (Lipinski definition) is 5. The van der Waals surface area contributed by atoms with Crippen LogP contribution in [0.25, 0.3) is 0 Å². The molecular formula is C20H23FN4O4S. The molecule has 0 aromatic heterocycles. The highest BCUT2D eigenvalue weighted by Gasteiger charge is 2.20. The van der Waals surface area contributed by atoms with Crippen LogP contribution >= 0.6 is 0 Å². The van der Waals surface area contributed by atoms with Crippen molar-refractivity contribution in [1.82, 2.24) is 20.5 Å². The van der Waals surface area contributed by atoms with Crippen molar-refractivity contribution in [3.63, 3.8) is 0 Å². The summed E-state index contributed by atoms with van der Waals surface area (Å²) in [7, 11) is -3.99. The van der Waals surface area contributed by atoms with Crippen LogP contribution in [-0.4, -0.2) is 45.0 Å². The molecule has 160 valence electrons. The maximum absolute atomic E-state index is 13.2. The molecule has 1 saturated heterocycles. The maximum atomic E-state index is 13.2. The number of nitrogens with one attached hydrogen (secondary N) is 3. The Kier molecular flexibility index (Phi) is 7.01. The third kappa shape index (κ3) is 6.01. The fourth-order valence-electron chi connectivity index (χ4n) is 3.06. The molecule has 3 N–H and O–H groups in total. The molecule has 10 heteroatoms. The quantitative estimate of drug-likeness (QED) is 0.616. The number of carbonyl (C=O) groups is 2. The van der Waals surface area contributed by atoms with Gasteiger partial charge in [0.2, 0.25) is 0 Å². The number of sulfonamides is 1. The van der Waals surface area contributed by atoms with Crippen molar-refractivity contribution in [2.45, 2.75) is 24.2 Å². The number of nitrogens with zero attached hydrogens (tertiary/aromatic N) is 1. The van der Waals surface area contributed by atoms with E-state index in [4.69, 9.17) is 0 Å². The Morgan fingerprint density at radius 2 is 1.73 bits per heavy atom. The van der Waals surface area contributed by atoms with Crippen molar-refractivity contribution in [2.75, 3.05) is 19.6 Å². The molecule has 8 nitrogen and oxygen atoms in total. The molecule has 1 aliphatic rings. The fraction of sp³-hybridized carbons (Fsp3) is 0.300. The lowest BCUT2D eigenvalue weighted by Gasteiger charge is -2.16. The van der Waals surface area contributed by atoms with E-state index in [0.29, 0.717) is 26.1 Å². The number of carbonyl (C=O) groups excluding carboxylic acids is 2. The molecule has 2 aromatic rings. The second kappa shape index (κ2) is 9.68. The average molecular weight is 434 g/mol. The Balaban J connectivity index is 1.50. The lowest BCUT2D eigenvalue weighted by molar-refractivity contribution is 0.0953. The Hall–Kier alpha value is -2.98. The molecule has 30 heavy (non-hydrogen) atoms. The molecule has 3 rings (SSSR count). The van der Waals surface area contributed by atoms with Gasteiger partial charge >= 0.3 is 6.03 Å². The number of hydrogen-bond donors (Lipinski definition) is 3. The number of benzene rings is 2. The second-order valence-electron chi connectivity index (χ2n) is 6.90. The van der Waals surface area contributed by atoms with Gasteiger partial charge in [-0.3, -0.25) is 10.2 Å². The van der Waals surface area contributed by atoms with Gasteiger partial charge in [-0.05, 0) is 55.2 Å². The first-order valence-electron chi connectivity index (χ1n) is 9.54. The van der Waals surface area contributed by atoms with Crippen molar-refractivity contribution in [3.8, 4) is 0 Å². The summed E-state index contributed by atoms with van der Waals surface area (Å²) in [6.07, 6.45) is 2.37. The van der Waals surface area contributed by atoms with Gasteiger partial charge in [0.05, 0.1) is 4.90 Å². The molecule has 0 radical (unpaired) electrons. The van der Waals surface area contributed by atoms with Gasteiger partial charge in [0.1, 0.15) is 5.82 Å². The van der Waals surface area contributed by atoms with Crippen LogP contribution in [-0.2, 0) is 16.4 Å². The van der Waals surface area contributed by atoms with Gasteiger partial charge in [-0.2, -0.15) is 0 Å². The molecule has 1 fully saturated rings. The lowest BCUT2D eigenvalue weighted by Crippen LogP contribution is -2.47. The van der Waals surface area contributed by atoms with Gasteiger partial charge < -0.3 is 5.32 Å². The fourth-order valence-corrected chi connectivity index (χ4v) is 3.97. The van der Waals surface area contributed by atoms with Gasteiger partial charge in [0.15, 0.2) is 0 Å². The number of rotatable bonds is 7. The highest BCUT2D eigenvalue weighted by atomic mass is 32.2. The third-order valence-electron chi connectivity index (χ3n) is 4.61. The SMILES string of the molecule is O=C(NN1CCCC1)NS(=O)(=O)c1ccc(CCNC(=O)c2cccc(F)c2)cc1. The van der Waals surface area contributed by atoms with E-state index in [2.05, 4.69) is 10.7 Å². The van der Waals surface area contributed by atoms with Crippen LogP contribution < -0.4 is 15.5 Å². The van der Waals surface area contributed by atoms with Crippen molar-refractivity contribution >= 4 is 22.0 Å². The van der Waals surface area contributed by atoms with E-state index < -0.39 is 21.9 Å². The number of amides is 3. The van der Waals surface area contributed by atoms with Crippen LogP contribution in [0, 0.1) is 5.82 Å². The van der Waals surface area contributed by atoms with Crippen molar-refractivity contribution < 1.29 is 22.4 Å². The van der Waals surface area contributed by atoms with Gasteiger partial charge in [0, 0.05) is 25.2 Å². The Morgan fingerprint density at radius 3 is 2.40 bits per heavy atom. The predicted octanol–water partition coefficient (Wildman–Crippen LogP) is 1.80. The van der Waals surface area contributed by atoms with E-state index in [0.717, 1.165) is 24.5 Å². The minimum Gasteiger partial charge on any atom is -0.352 e. The number of urea groups is 1. The van der Waals surface area contributed by atoms with Gasteiger partial charge in [-0.1, -0.05) is 18.2 Å². The topological polar surface area (TPSA) is 108 Å². The summed E-state index contributed by atoms with van der Waals surface area (Å²) < 4.78 is 39.8. The molecule has 2 aromatic carbocycles. The Morgan fingerprint density at radius 1 is 1.03 bits per heavy atom. The van der Waals surface area contributed by atoms with Gasteiger partial charge in [-0.25, -0.2) is 27.3 Å². The molecule has 0 spiro atoms. The normalized spacial score (nSPS) is 14.3. The third-order valence-corrected chi connectivity index (χ3v) is 5.96. The van der Waals surface area contributed by atoms with Crippen molar-refractivity contribution in [3.05, 3.63) is 65.5 Å². The summed E-state index contributed by atoms with van der Waals surface area (Å²) in [6.45, 7) is 1.69. The summed E-state index contributed by atoms with van der Waals surface area (Å²) in [5.74, 6) is -0.871. The van der Waals surface area contributed by atoms with E-state index >= 15 is 0 Å². The van der Waals surface area contributed by atoms with Crippen LogP contribution in [0.15, 0.2) is 53.4 Å². The monoisotopic (exact) mass is 434 g/mol. The zero-order valence-electron chi connectivity index (χ0n) is 16.2. The standard InChI is InChI=1S/C20H23FN4O4S/c21-17-5-3-4-16(14-17)19(26)22-11-10-15-6-8-18(9-7-15)30(28,29)24-20(27)23-25-12-1-2-13-25/h3-9,14H,1-2,10-13H2,(H,22,26)(H2,23,24,27). The molecule has 1 heterocycles. The Bertz CT molecular complexity index is 1010. The first-order valence-corrected chi connectivity index (χ1v) is 11.0. The summed E-state index contributed by atoms with van der Waals surface area (Å²) in [5.41, 5.74) is 3.54. The van der Waals surface area contributed by atoms with Crippen LogP contribution in [0.2, 0.25) is 0 Å². The van der Waals surface area contributed by atoms with E-state index in [-0.39, 0.29) is 16.4 Å². The van der Waals surface area contributed by atoms with Crippen LogP contribution in [0.5, 0.6) is 0 Å². The number of halogens is 1. The van der Waals surface area contributed by atoms with E-state index in [1.165, 1.54) is 30.3 Å². The minimum absolute atomic E-state index is 0.0355. The molecule has 0 atom stereocenters. The van der Waals surface area contributed by atoms with E-state index in [9.17, 15) is 22.4 Å². The van der Waals surface area contributed by atoms with Crippen molar-refractivity contribution in [1.29, 1.82) is 0 Å². The van der Waals surface area contributed by atoms with Crippen LogP contribution in [0.4, 0.5) is 9.18 Å². The van der Waals surface area contributed by atoms with Crippen molar-refractivity contribution in [2.24, 2.45) is 0 Å². The van der Waals surface area contributed by atoms with Crippen LogP contribution in [0.3, 0.4) is 0 Å².